The summed E-state index contributed by atoms with van der Waals surface area (Å²) in [6, 6.07) is 15.6. The van der Waals surface area contributed by atoms with E-state index < -0.39 is 23.4 Å². The number of alkyl halides is 1. The highest BCUT2D eigenvalue weighted by atomic mass is 19.1. The minimum atomic E-state index is -2.23. The first kappa shape index (κ1) is 20.5. The number of carbonyl (C=O) groups excluding carboxylic acids is 2. The molecule has 2 fully saturated rings. The van der Waals surface area contributed by atoms with Crippen LogP contribution in [0.3, 0.4) is 0 Å². The van der Waals surface area contributed by atoms with Crippen molar-refractivity contribution in [2.75, 3.05) is 26.2 Å². The highest BCUT2D eigenvalue weighted by Gasteiger charge is 2.72. The number of nitrogens with one attached hydrogen (secondary N) is 2. The highest BCUT2D eigenvalue weighted by molar-refractivity contribution is 5.95. The first-order valence-corrected chi connectivity index (χ1v) is 10.3. The van der Waals surface area contributed by atoms with Crippen LogP contribution >= 0.6 is 0 Å². The molecule has 2 aromatic rings. The topological polar surface area (TPSA) is 81.7 Å². The molecule has 3 atom stereocenters. The molecule has 0 radical (unpaired) electrons. The molecule has 6 nitrogen and oxygen atoms in total. The summed E-state index contributed by atoms with van der Waals surface area (Å²) >= 11 is 0. The average molecular weight is 411 g/mol. The summed E-state index contributed by atoms with van der Waals surface area (Å²) in [6.07, 6.45) is 2.43. The quantitative estimate of drug-likeness (QED) is 0.483. The fourth-order valence-electron chi connectivity index (χ4n) is 4.53. The summed E-state index contributed by atoms with van der Waals surface area (Å²) in [7, 11) is 0. The number of amides is 2. The van der Waals surface area contributed by atoms with E-state index in [1.54, 1.807) is 48.5 Å². The molecule has 0 bridgehead atoms. The Balaban J connectivity index is 1.44. The Morgan fingerprint density at radius 1 is 1.00 bits per heavy atom. The van der Waals surface area contributed by atoms with Gasteiger partial charge in [-0.05, 0) is 49.2 Å². The van der Waals surface area contributed by atoms with Crippen LogP contribution in [0.1, 0.15) is 46.2 Å². The number of likely N-dealkylation sites (tertiary alicyclic amines) is 1. The van der Waals surface area contributed by atoms with Crippen molar-refractivity contribution >= 4 is 11.8 Å². The smallest absolute Gasteiger partial charge is 0.282 e. The van der Waals surface area contributed by atoms with Crippen molar-refractivity contribution in [1.82, 2.24) is 15.7 Å². The van der Waals surface area contributed by atoms with Gasteiger partial charge in [0.25, 0.3) is 11.8 Å². The lowest BCUT2D eigenvalue weighted by atomic mass is 10.0. The molecule has 4 rings (SSSR count). The van der Waals surface area contributed by atoms with Gasteiger partial charge in [0.2, 0.25) is 5.67 Å². The maximum absolute atomic E-state index is 15.5. The standard InChI is InChI=1S/C23H26FN3O3/c24-23(22(29)26-30)19(16-6-2-1-3-7-16)20(23)17-8-10-18(11-9-17)21(28)25-12-15-27-13-4-5-14-27/h1-3,6-11,19-20,30H,4-5,12-15H2,(H,25,28)(H,26,29)/t19-,20-,23-/m1/s1. The van der Waals surface area contributed by atoms with Gasteiger partial charge in [0.1, 0.15) is 0 Å². The van der Waals surface area contributed by atoms with Crippen LogP contribution in [0.25, 0.3) is 0 Å². The van der Waals surface area contributed by atoms with Crippen molar-refractivity contribution in [2.45, 2.75) is 30.3 Å². The number of benzene rings is 2. The fraction of sp³-hybridized carbons (Fsp3) is 0.391. The first-order chi connectivity index (χ1) is 14.6. The third-order valence-corrected chi connectivity index (χ3v) is 6.18. The van der Waals surface area contributed by atoms with Crippen molar-refractivity contribution in [3.8, 4) is 0 Å². The minimum absolute atomic E-state index is 0.171. The zero-order chi connectivity index (χ0) is 21.1. The Labute approximate surface area is 175 Å². The third kappa shape index (κ3) is 3.82. The van der Waals surface area contributed by atoms with Gasteiger partial charge in [0.15, 0.2) is 0 Å². The number of carbonyl (C=O) groups is 2. The van der Waals surface area contributed by atoms with Crippen LogP contribution in [0, 0.1) is 0 Å². The van der Waals surface area contributed by atoms with Crippen LogP contribution in [0.15, 0.2) is 54.6 Å². The number of hydrogen-bond acceptors (Lipinski definition) is 4. The van der Waals surface area contributed by atoms with Gasteiger partial charge in [-0.2, -0.15) is 0 Å². The molecule has 0 spiro atoms. The van der Waals surface area contributed by atoms with E-state index in [1.807, 2.05) is 6.07 Å². The second kappa shape index (κ2) is 8.53. The first-order valence-electron chi connectivity index (χ1n) is 10.3. The van der Waals surface area contributed by atoms with Crippen LogP contribution in [0.5, 0.6) is 0 Å². The average Bonchev–Trinajstić information content (AvgIpc) is 3.11. The number of hydroxylamine groups is 1. The fourth-order valence-corrected chi connectivity index (χ4v) is 4.53. The maximum atomic E-state index is 15.5. The highest BCUT2D eigenvalue weighted by Crippen LogP contribution is 2.66. The molecule has 0 aromatic heterocycles. The predicted molar refractivity (Wildman–Crippen MR) is 110 cm³/mol. The van der Waals surface area contributed by atoms with E-state index in [2.05, 4.69) is 10.2 Å². The van der Waals surface area contributed by atoms with E-state index >= 15 is 4.39 Å². The number of rotatable bonds is 7. The Hall–Kier alpha value is -2.77. The van der Waals surface area contributed by atoms with E-state index in [4.69, 9.17) is 5.21 Å². The van der Waals surface area contributed by atoms with Gasteiger partial charge >= 0.3 is 0 Å². The largest absolute Gasteiger partial charge is 0.351 e. The third-order valence-electron chi connectivity index (χ3n) is 6.18. The second-order valence-electron chi connectivity index (χ2n) is 8.00. The molecule has 2 amide bonds. The lowest BCUT2D eigenvalue weighted by Crippen LogP contribution is -2.33. The molecule has 1 saturated carbocycles. The lowest BCUT2D eigenvalue weighted by molar-refractivity contribution is -0.136. The van der Waals surface area contributed by atoms with Gasteiger partial charge in [-0.25, -0.2) is 9.87 Å². The normalized spacial score (nSPS) is 25.7. The lowest BCUT2D eigenvalue weighted by Gasteiger charge is -2.14. The van der Waals surface area contributed by atoms with Gasteiger partial charge in [0.05, 0.1) is 0 Å². The van der Waals surface area contributed by atoms with E-state index in [9.17, 15) is 9.59 Å². The second-order valence-corrected chi connectivity index (χ2v) is 8.00. The van der Waals surface area contributed by atoms with Gasteiger partial charge in [0, 0.05) is 30.5 Å². The minimum Gasteiger partial charge on any atom is -0.351 e. The van der Waals surface area contributed by atoms with E-state index in [-0.39, 0.29) is 5.91 Å². The molecule has 1 heterocycles. The van der Waals surface area contributed by atoms with Crippen molar-refractivity contribution < 1.29 is 19.2 Å². The molecular formula is C23H26FN3O3. The maximum Gasteiger partial charge on any atom is 0.282 e. The molecular weight excluding hydrogens is 385 g/mol. The number of hydrogen-bond donors (Lipinski definition) is 3. The summed E-state index contributed by atoms with van der Waals surface area (Å²) in [5.41, 5.74) is 1.03. The predicted octanol–water partition coefficient (Wildman–Crippen LogP) is 2.61. The van der Waals surface area contributed by atoms with E-state index in [0.717, 1.165) is 19.6 Å². The summed E-state index contributed by atoms with van der Waals surface area (Å²) in [5.74, 6) is -2.63. The van der Waals surface area contributed by atoms with Gasteiger partial charge in [-0.15, -0.1) is 0 Å². The zero-order valence-electron chi connectivity index (χ0n) is 16.7. The molecule has 1 aliphatic heterocycles. The Kier molecular flexibility index (Phi) is 5.83. The van der Waals surface area contributed by atoms with Crippen molar-refractivity contribution in [3.05, 3.63) is 71.3 Å². The van der Waals surface area contributed by atoms with Crippen LogP contribution < -0.4 is 10.8 Å². The van der Waals surface area contributed by atoms with Gasteiger partial charge in [-0.1, -0.05) is 42.5 Å². The molecule has 158 valence electrons. The summed E-state index contributed by atoms with van der Waals surface area (Å²) in [5, 5.41) is 11.9. The molecule has 1 saturated heterocycles. The Morgan fingerprint density at radius 3 is 2.20 bits per heavy atom. The van der Waals surface area contributed by atoms with Gasteiger partial charge < -0.3 is 10.2 Å². The van der Waals surface area contributed by atoms with Crippen molar-refractivity contribution in [1.29, 1.82) is 0 Å². The SMILES string of the molecule is O=C(NCCN1CCCC1)c1ccc([C@@H]2[C@@H](c3ccccc3)[C@]2(F)C(=O)NO)cc1. The Morgan fingerprint density at radius 2 is 1.60 bits per heavy atom. The molecule has 0 unspecified atom stereocenters. The van der Waals surface area contributed by atoms with Crippen LogP contribution in [0.2, 0.25) is 0 Å². The van der Waals surface area contributed by atoms with E-state index in [0.29, 0.717) is 23.2 Å². The van der Waals surface area contributed by atoms with Crippen LogP contribution in [-0.2, 0) is 4.79 Å². The van der Waals surface area contributed by atoms with Crippen molar-refractivity contribution in [2.24, 2.45) is 0 Å². The van der Waals surface area contributed by atoms with E-state index in [1.165, 1.54) is 18.3 Å². The molecule has 1 aliphatic carbocycles. The summed E-state index contributed by atoms with van der Waals surface area (Å²) in [6.45, 7) is 3.59. The summed E-state index contributed by atoms with van der Waals surface area (Å²) in [4.78, 5) is 26.8. The Bertz CT molecular complexity index is 900. The van der Waals surface area contributed by atoms with Crippen LogP contribution in [0.4, 0.5) is 4.39 Å². The molecule has 3 N–H and O–H groups in total. The van der Waals surface area contributed by atoms with Crippen LogP contribution in [-0.4, -0.2) is 53.8 Å². The molecule has 2 aliphatic rings. The summed E-state index contributed by atoms with van der Waals surface area (Å²) < 4.78 is 15.5. The number of halogens is 1. The molecule has 30 heavy (non-hydrogen) atoms. The number of nitrogens with zero attached hydrogens (tertiary/aromatic N) is 1. The monoisotopic (exact) mass is 411 g/mol. The van der Waals surface area contributed by atoms with Crippen molar-refractivity contribution in [3.63, 3.8) is 0 Å². The molecule has 2 aromatic carbocycles. The van der Waals surface area contributed by atoms with Gasteiger partial charge in [-0.3, -0.25) is 14.8 Å². The zero-order valence-corrected chi connectivity index (χ0v) is 16.7. The molecule has 7 heteroatoms.